The fourth-order valence-corrected chi connectivity index (χ4v) is 3.74. The summed E-state index contributed by atoms with van der Waals surface area (Å²) >= 11 is 1.68. The van der Waals surface area contributed by atoms with E-state index in [1.165, 1.54) is 0 Å². The molecule has 130 valence electrons. The first-order chi connectivity index (χ1) is 12.2. The van der Waals surface area contributed by atoms with Crippen LogP contribution in [-0.4, -0.2) is 57.2 Å². The molecule has 7 nitrogen and oxygen atoms in total. The molecule has 2 aromatic heterocycles. The van der Waals surface area contributed by atoms with Gasteiger partial charge in [0.2, 0.25) is 0 Å². The van der Waals surface area contributed by atoms with Crippen molar-refractivity contribution in [3.05, 3.63) is 39.8 Å². The van der Waals surface area contributed by atoms with Gasteiger partial charge in [-0.1, -0.05) is 0 Å². The van der Waals surface area contributed by atoms with E-state index in [0.717, 1.165) is 49.8 Å². The molecular formula is C17H19N5O2S. The number of amides is 1. The minimum Gasteiger partial charge on any atom is -0.337 e. The number of aryl methyl sites for hydroxylation is 1. The fourth-order valence-electron chi connectivity index (χ4n) is 3.14. The monoisotopic (exact) mass is 357 g/mol. The summed E-state index contributed by atoms with van der Waals surface area (Å²) < 4.78 is 4.70. The molecular weight excluding hydrogens is 338 g/mol. The molecule has 1 saturated heterocycles. The zero-order chi connectivity index (χ0) is 17.2. The molecule has 4 rings (SSSR count). The van der Waals surface area contributed by atoms with Gasteiger partial charge in [0.15, 0.2) is 0 Å². The molecule has 0 spiro atoms. The van der Waals surface area contributed by atoms with Crippen molar-refractivity contribution < 1.29 is 9.42 Å². The molecule has 0 radical (unpaired) electrons. The van der Waals surface area contributed by atoms with Gasteiger partial charge >= 0.3 is 0 Å². The predicted molar refractivity (Wildman–Crippen MR) is 94.5 cm³/mol. The van der Waals surface area contributed by atoms with E-state index in [0.29, 0.717) is 16.6 Å². The van der Waals surface area contributed by atoms with E-state index in [9.17, 15) is 4.79 Å². The van der Waals surface area contributed by atoms with Gasteiger partial charge in [-0.3, -0.25) is 9.69 Å². The Morgan fingerprint density at radius 2 is 2.08 bits per heavy atom. The summed E-state index contributed by atoms with van der Waals surface area (Å²) in [4.78, 5) is 21.6. The lowest BCUT2D eigenvalue weighted by molar-refractivity contribution is 0.0761. The molecule has 0 atom stereocenters. The Bertz CT molecular complexity index is 890. The summed E-state index contributed by atoms with van der Waals surface area (Å²) in [6.07, 6.45) is 0.961. The molecule has 1 amide bonds. The summed E-state index contributed by atoms with van der Waals surface area (Å²) in [5.74, 6) is 0.0382. The van der Waals surface area contributed by atoms with Gasteiger partial charge in [-0.2, -0.15) is 0 Å². The first-order valence-corrected chi connectivity index (χ1v) is 9.22. The van der Waals surface area contributed by atoms with Crippen molar-refractivity contribution in [1.29, 1.82) is 0 Å². The highest BCUT2D eigenvalue weighted by atomic mass is 32.1. The molecule has 0 saturated carbocycles. The second kappa shape index (κ2) is 6.89. The molecule has 0 unspecified atom stereocenters. The van der Waals surface area contributed by atoms with Crippen LogP contribution in [0.1, 0.15) is 27.5 Å². The number of nitrogens with zero attached hydrogens (tertiary/aromatic N) is 5. The average Bonchev–Trinajstić information content (AvgIpc) is 3.17. The van der Waals surface area contributed by atoms with E-state index in [1.54, 1.807) is 29.5 Å². The average molecular weight is 357 g/mol. The van der Waals surface area contributed by atoms with E-state index in [4.69, 9.17) is 4.63 Å². The van der Waals surface area contributed by atoms with E-state index < -0.39 is 0 Å². The zero-order valence-corrected chi connectivity index (χ0v) is 14.8. The van der Waals surface area contributed by atoms with Gasteiger partial charge in [-0.05, 0) is 41.9 Å². The number of carbonyl (C=O) groups is 1. The maximum absolute atomic E-state index is 12.8. The lowest BCUT2D eigenvalue weighted by Gasteiger charge is -2.21. The van der Waals surface area contributed by atoms with Crippen LogP contribution in [0.2, 0.25) is 0 Å². The largest absolute Gasteiger partial charge is 0.337 e. The summed E-state index contributed by atoms with van der Waals surface area (Å²) in [5.41, 5.74) is 3.02. The van der Waals surface area contributed by atoms with Crippen LogP contribution < -0.4 is 0 Å². The minimum absolute atomic E-state index is 0.0382. The number of fused-ring (bicyclic) bond motifs is 1. The van der Waals surface area contributed by atoms with Gasteiger partial charge in [0.25, 0.3) is 5.91 Å². The predicted octanol–water partition coefficient (Wildman–Crippen LogP) is 2.34. The Labute approximate surface area is 149 Å². The topological polar surface area (TPSA) is 75.4 Å². The second-order valence-corrected chi connectivity index (χ2v) is 7.31. The first-order valence-electron chi connectivity index (χ1n) is 8.34. The van der Waals surface area contributed by atoms with E-state index >= 15 is 0 Å². The van der Waals surface area contributed by atoms with Crippen LogP contribution in [0, 0.1) is 6.92 Å². The fraction of sp³-hybridized carbons (Fsp3) is 0.412. The van der Waals surface area contributed by atoms with Crippen LogP contribution in [0.4, 0.5) is 0 Å². The van der Waals surface area contributed by atoms with E-state index in [1.807, 2.05) is 11.8 Å². The lowest BCUT2D eigenvalue weighted by Crippen LogP contribution is -2.35. The summed E-state index contributed by atoms with van der Waals surface area (Å²) in [6.45, 7) is 6.20. The number of benzene rings is 1. The van der Waals surface area contributed by atoms with Crippen LogP contribution in [0.15, 0.2) is 28.2 Å². The zero-order valence-electron chi connectivity index (χ0n) is 14.0. The van der Waals surface area contributed by atoms with E-state index in [-0.39, 0.29) is 5.91 Å². The summed E-state index contributed by atoms with van der Waals surface area (Å²) in [6, 6.07) is 5.30. The molecule has 1 aliphatic rings. The van der Waals surface area contributed by atoms with Gasteiger partial charge in [0, 0.05) is 43.7 Å². The third-order valence-corrected chi connectivity index (χ3v) is 5.25. The van der Waals surface area contributed by atoms with Gasteiger partial charge < -0.3 is 4.90 Å². The SMILES string of the molecule is Cc1nc(CN2CCCN(C(=O)c3ccc4nonc4c3)CC2)cs1. The Morgan fingerprint density at radius 3 is 2.92 bits per heavy atom. The van der Waals surface area contributed by atoms with Crippen LogP contribution >= 0.6 is 11.3 Å². The van der Waals surface area contributed by atoms with Crippen LogP contribution in [0.5, 0.6) is 0 Å². The van der Waals surface area contributed by atoms with Crippen molar-refractivity contribution in [3.63, 3.8) is 0 Å². The van der Waals surface area contributed by atoms with Crippen molar-refractivity contribution in [2.75, 3.05) is 26.2 Å². The van der Waals surface area contributed by atoms with Crippen molar-refractivity contribution in [2.45, 2.75) is 19.9 Å². The minimum atomic E-state index is 0.0382. The number of aromatic nitrogens is 3. The molecule has 3 aromatic rings. The number of carbonyl (C=O) groups excluding carboxylic acids is 1. The second-order valence-electron chi connectivity index (χ2n) is 6.25. The van der Waals surface area contributed by atoms with Gasteiger partial charge in [0.1, 0.15) is 11.0 Å². The van der Waals surface area contributed by atoms with Crippen LogP contribution in [-0.2, 0) is 6.54 Å². The molecule has 0 bridgehead atoms. The highest BCUT2D eigenvalue weighted by Crippen LogP contribution is 2.16. The molecule has 0 aliphatic carbocycles. The number of hydrogen-bond acceptors (Lipinski definition) is 7. The molecule has 25 heavy (non-hydrogen) atoms. The Hall–Kier alpha value is -2.32. The van der Waals surface area contributed by atoms with Gasteiger partial charge in [-0.15, -0.1) is 11.3 Å². The molecule has 1 fully saturated rings. The van der Waals surface area contributed by atoms with Crippen LogP contribution in [0.3, 0.4) is 0 Å². The third-order valence-electron chi connectivity index (χ3n) is 4.43. The van der Waals surface area contributed by atoms with Crippen molar-refractivity contribution >= 4 is 28.3 Å². The molecule has 3 heterocycles. The molecule has 8 heteroatoms. The standard InChI is InChI=1S/C17H19N5O2S/c1-12-18-14(11-25-12)10-21-5-2-6-22(8-7-21)17(23)13-3-4-15-16(9-13)20-24-19-15/h3-4,9,11H,2,5-8,10H2,1H3. The third kappa shape index (κ3) is 3.54. The highest BCUT2D eigenvalue weighted by molar-refractivity contribution is 7.09. The smallest absolute Gasteiger partial charge is 0.253 e. The Kier molecular flexibility index (Phi) is 4.46. The summed E-state index contributed by atoms with van der Waals surface area (Å²) in [7, 11) is 0. The normalized spacial score (nSPS) is 16.3. The number of rotatable bonds is 3. The molecule has 1 aliphatic heterocycles. The highest BCUT2D eigenvalue weighted by Gasteiger charge is 2.21. The number of thiazole rings is 1. The van der Waals surface area contributed by atoms with Crippen molar-refractivity contribution in [3.8, 4) is 0 Å². The van der Waals surface area contributed by atoms with Crippen molar-refractivity contribution in [1.82, 2.24) is 25.1 Å². The summed E-state index contributed by atoms with van der Waals surface area (Å²) in [5, 5.41) is 10.8. The quantitative estimate of drug-likeness (QED) is 0.716. The van der Waals surface area contributed by atoms with Crippen molar-refractivity contribution in [2.24, 2.45) is 0 Å². The van der Waals surface area contributed by atoms with Gasteiger partial charge in [0.05, 0.1) is 10.7 Å². The molecule has 0 N–H and O–H groups in total. The Morgan fingerprint density at radius 1 is 1.20 bits per heavy atom. The molecule has 1 aromatic carbocycles. The number of hydrogen-bond donors (Lipinski definition) is 0. The maximum Gasteiger partial charge on any atom is 0.253 e. The van der Waals surface area contributed by atoms with Gasteiger partial charge in [-0.25, -0.2) is 9.61 Å². The first kappa shape index (κ1) is 16.2. The maximum atomic E-state index is 12.8. The van der Waals surface area contributed by atoms with E-state index in [2.05, 4.69) is 25.6 Å². The lowest BCUT2D eigenvalue weighted by atomic mass is 10.1. The van der Waals surface area contributed by atoms with Crippen LogP contribution in [0.25, 0.3) is 11.0 Å². The Balaban J connectivity index is 1.42.